The first-order valence-electron chi connectivity index (χ1n) is 9.33. The smallest absolute Gasteiger partial charge is 0.266 e. The summed E-state index contributed by atoms with van der Waals surface area (Å²) in [5.74, 6) is 0.0494. The predicted octanol–water partition coefficient (Wildman–Crippen LogP) is 1.84. The SMILES string of the molecule is CCOc1ccc(N2C(=O)c3ccc(C(=O)NCC4CNC4)cc3C2=O)cc1. The number of imide groups is 1. The van der Waals surface area contributed by atoms with Crippen LogP contribution in [-0.2, 0) is 0 Å². The zero-order valence-corrected chi connectivity index (χ0v) is 15.5. The van der Waals surface area contributed by atoms with Crippen LogP contribution in [0.1, 0.15) is 38.0 Å². The van der Waals surface area contributed by atoms with Crippen molar-refractivity contribution in [2.75, 3.05) is 31.1 Å². The number of carbonyl (C=O) groups is 3. The van der Waals surface area contributed by atoms with Crippen molar-refractivity contribution in [3.8, 4) is 5.75 Å². The molecule has 0 saturated carbocycles. The lowest BCUT2D eigenvalue weighted by atomic mass is 10.0. The number of benzene rings is 2. The Kier molecular flexibility index (Phi) is 4.83. The molecule has 2 aromatic rings. The summed E-state index contributed by atoms with van der Waals surface area (Å²) in [4.78, 5) is 39.1. The molecule has 0 atom stereocenters. The maximum absolute atomic E-state index is 12.8. The molecule has 2 aliphatic heterocycles. The lowest BCUT2D eigenvalue weighted by molar-refractivity contribution is 0.0922. The van der Waals surface area contributed by atoms with Gasteiger partial charge in [-0.2, -0.15) is 0 Å². The van der Waals surface area contributed by atoms with Gasteiger partial charge < -0.3 is 15.4 Å². The number of fused-ring (bicyclic) bond motifs is 1. The van der Waals surface area contributed by atoms with Gasteiger partial charge in [-0.25, -0.2) is 4.90 Å². The third kappa shape index (κ3) is 3.25. The molecule has 0 bridgehead atoms. The van der Waals surface area contributed by atoms with Crippen molar-refractivity contribution in [1.29, 1.82) is 0 Å². The first-order valence-corrected chi connectivity index (χ1v) is 9.33. The number of hydrogen-bond donors (Lipinski definition) is 2. The lowest BCUT2D eigenvalue weighted by Crippen LogP contribution is -2.48. The van der Waals surface area contributed by atoms with Crippen LogP contribution >= 0.6 is 0 Å². The van der Waals surface area contributed by atoms with Crippen LogP contribution in [0.15, 0.2) is 42.5 Å². The maximum atomic E-state index is 12.8. The average Bonchev–Trinajstić information content (AvgIpc) is 2.91. The van der Waals surface area contributed by atoms with E-state index in [4.69, 9.17) is 4.74 Å². The molecular formula is C21H21N3O4. The minimum absolute atomic E-state index is 0.241. The molecule has 0 spiro atoms. The summed E-state index contributed by atoms with van der Waals surface area (Å²) in [6, 6.07) is 11.4. The fraction of sp³-hybridized carbons (Fsp3) is 0.286. The quantitative estimate of drug-likeness (QED) is 0.748. The van der Waals surface area contributed by atoms with Crippen molar-refractivity contribution in [3.63, 3.8) is 0 Å². The number of rotatable bonds is 6. The molecule has 7 heteroatoms. The van der Waals surface area contributed by atoms with E-state index in [0.717, 1.165) is 18.0 Å². The Hall–Kier alpha value is -3.19. The van der Waals surface area contributed by atoms with Gasteiger partial charge in [0.25, 0.3) is 17.7 Å². The van der Waals surface area contributed by atoms with E-state index < -0.39 is 11.8 Å². The van der Waals surface area contributed by atoms with E-state index in [1.807, 2.05) is 6.92 Å². The summed E-state index contributed by atoms with van der Waals surface area (Å²) >= 11 is 0. The largest absolute Gasteiger partial charge is 0.494 e. The van der Waals surface area contributed by atoms with Gasteiger partial charge in [0.2, 0.25) is 0 Å². The molecule has 0 radical (unpaired) electrons. The van der Waals surface area contributed by atoms with E-state index >= 15 is 0 Å². The Morgan fingerprint density at radius 3 is 2.46 bits per heavy atom. The van der Waals surface area contributed by atoms with Gasteiger partial charge in [-0.3, -0.25) is 14.4 Å². The molecular weight excluding hydrogens is 358 g/mol. The highest BCUT2D eigenvalue weighted by Crippen LogP contribution is 2.30. The lowest BCUT2D eigenvalue weighted by Gasteiger charge is -2.27. The second kappa shape index (κ2) is 7.44. The molecule has 2 aliphatic rings. The summed E-state index contributed by atoms with van der Waals surface area (Å²) in [6.07, 6.45) is 0. The van der Waals surface area contributed by atoms with Gasteiger partial charge in [-0.05, 0) is 49.4 Å². The van der Waals surface area contributed by atoms with Crippen molar-refractivity contribution in [2.45, 2.75) is 6.92 Å². The van der Waals surface area contributed by atoms with Crippen molar-refractivity contribution in [3.05, 3.63) is 59.2 Å². The Morgan fingerprint density at radius 1 is 1.11 bits per heavy atom. The molecule has 1 saturated heterocycles. The summed E-state index contributed by atoms with van der Waals surface area (Å²) in [5, 5.41) is 6.03. The Morgan fingerprint density at radius 2 is 1.82 bits per heavy atom. The van der Waals surface area contributed by atoms with Gasteiger partial charge in [0.05, 0.1) is 23.4 Å². The molecule has 28 heavy (non-hydrogen) atoms. The van der Waals surface area contributed by atoms with E-state index in [0.29, 0.717) is 41.6 Å². The third-order valence-corrected chi connectivity index (χ3v) is 4.97. The Balaban J connectivity index is 1.53. The first-order chi connectivity index (χ1) is 13.6. The zero-order chi connectivity index (χ0) is 19.7. The number of amides is 3. The number of nitrogens with one attached hydrogen (secondary N) is 2. The van der Waals surface area contributed by atoms with E-state index in [1.54, 1.807) is 36.4 Å². The highest BCUT2D eigenvalue weighted by molar-refractivity contribution is 6.34. The standard InChI is InChI=1S/C21H21N3O4/c1-2-28-16-6-4-15(5-7-16)24-20(26)17-8-3-14(9-18(17)21(24)27)19(25)23-12-13-10-22-11-13/h3-9,13,22H,2,10-12H2,1H3,(H,23,25). The number of carbonyl (C=O) groups excluding carboxylic acids is 3. The molecule has 7 nitrogen and oxygen atoms in total. The molecule has 1 fully saturated rings. The second-order valence-corrected chi connectivity index (χ2v) is 6.87. The fourth-order valence-electron chi connectivity index (χ4n) is 3.31. The molecule has 2 N–H and O–H groups in total. The molecule has 4 rings (SSSR count). The van der Waals surface area contributed by atoms with Crippen molar-refractivity contribution >= 4 is 23.4 Å². The zero-order valence-electron chi connectivity index (χ0n) is 15.5. The average molecular weight is 379 g/mol. The summed E-state index contributed by atoms with van der Waals surface area (Å²) in [6.45, 7) is 4.81. The van der Waals surface area contributed by atoms with Gasteiger partial charge >= 0.3 is 0 Å². The predicted molar refractivity (Wildman–Crippen MR) is 104 cm³/mol. The summed E-state index contributed by atoms with van der Waals surface area (Å²) in [7, 11) is 0. The Bertz CT molecular complexity index is 935. The van der Waals surface area contributed by atoms with Crippen LogP contribution in [0.25, 0.3) is 0 Å². The van der Waals surface area contributed by atoms with E-state index in [-0.39, 0.29) is 11.5 Å². The first kappa shape index (κ1) is 18.2. The minimum Gasteiger partial charge on any atom is -0.494 e. The van der Waals surface area contributed by atoms with Crippen molar-refractivity contribution in [2.24, 2.45) is 5.92 Å². The third-order valence-electron chi connectivity index (χ3n) is 4.97. The van der Waals surface area contributed by atoms with Crippen LogP contribution in [-0.4, -0.2) is 44.0 Å². The summed E-state index contributed by atoms with van der Waals surface area (Å²) in [5.41, 5.74) is 1.40. The van der Waals surface area contributed by atoms with Gasteiger partial charge in [0, 0.05) is 31.1 Å². The van der Waals surface area contributed by atoms with E-state index in [1.165, 1.54) is 6.07 Å². The monoisotopic (exact) mass is 379 g/mol. The molecule has 3 amide bonds. The van der Waals surface area contributed by atoms with E-state index in [9.17, 15) is 14.4 Å². The van der Waals surface area contributed by atoms with Crippen LogP contribution in [0.4, 0.5) is 5.69 Å². The Labute approximate surface area is 162 Å². The van der Waals surface area contributed by atoms with Crippen LogP contribution < -0.4 is 20.3 Å². The van der Waals surface area contributed by atoms with Crippen LogP contribution in [0.5, 0.6) is 5.75 Å². The van der Waals surface area contributed by atoms with Crippen LogP contribution in [0, 0.1) is 5.92 Å². The molecule has 0 aromatic heterocycles. The molecule has 0 unspecified atom stereocenters. The molecule has 144 valence electrons. The van der Waals surface area contributed by atoms with Gasteiger partial charge in [-0.15, -0.1) is 0 Å². The molecule has 2 heterocycles. The second-order valence-electron chi connectivity index (χ2n) is 6.87. The number of nitrogens with zero attached hydrogens (tertiary/aromatic N) is 1. The topological polar surface area (TPSA) is 87.7 Å². The number of ether oxygens (including phenoxy) is 1. The van der Waals surface area contributed by atoms with Crippen molar-refractivity contribution in [1.82, 2.24) is 10.6 Å². The minimum atomic E-state index is -0.429. The summed E-state index contributed by atoms with van der Waals surface area (Å²) < 4.78 is 5.40. The van der Waals surface area contributed by atoms with Gasteiger partial charge in [0.15, 0.2) is 0 Å². The maximum Gasteiger partial charge on any atom is 0.266 e. The van der Waals surface area contributed by atoms with Crippen LogP contribution in [0.2, 0.25) is 0 Å². The van der Waals surface area contributed by atoms with Gasteiger partial charge in [-0.1, -0.05) is 0 Å². The fourth-order valence-corrected chi connectivity index (χ4v) is 3.31. The molecule has 2 aromatic carbocycles. The highest BCUT2D eigenvalue weighted by atomic mass is 16.5. The van der Waals surface area contributed by atoms with Gasteiger partial charge in [0.1, 0.15) is 5.75 Å². The van der Waals surface area contributed by atoms with E-state index in [2.05, 4.69) is 10.6 Å². The number of hydrogen-bond acceptors (Lipinski definition) is 5. The highest BCUT2D eigenvalue weighted by Gasteiger charge is 2.37. The van der Waals surface area contributed by atoms with Crippen molar-refractivity contribution < 1.29 is 19.1 Å². The molecule has 0 aliphatic carbocycles. The van der Waals surface area contributed by atoms with Crippen LogP contribution in [0.3, 0.4) is 0 Å². The normalized spacial score (nSPS) is 16.0. The number of anilines is 1.